The van der Waals surface area contributed by atoms with Crippen molar-refractivity contribution in [3.63, 3.8) is 0 Å². The molecule has 1 atom stereocenters. The number of ether oxygens (including phenoxy) is 1. The molecule has 2 aromatic heterocycles. The largest absolute Gasteiger partial charge is 0.495 e. The summed E-state index contributed by atoms with van der Waals surface area (Å²) in [6, 6.07) is 6.89. The van der Waals surface area contributed by atoms with Gasteiger partial charge in [0.1, 0.15) is 35.7 Å². The van der Waals surface area contributed by atoms with Crippen molar-refractivity contribution in [1.29, 1.82) is 0 Å². The summed E-state index contributed by atoms with van der Waals surface area (Å²) in [6.07, 6.45) is -1.24. The summed E-state index contributed by atoms with van der Waals surface area (Å²) in [5.74, 6) is -0.212. The van der Waals surface area contributed by atoms with Crippen LogP contribution in [-0.2, 0) is 11.2 Å². The van der Waals surface area contributed by atoms with E-state index < -0.39 is 30.5 Å². The monoisotopic (exact) mass is 606 g/mol. The Kier molecular flexibility index (Phi) is 6.95. The van der Waals surface area contributed by atoms with E-state index in [0.717, 1.165) is 17.2 Å². The summed E-state index contributed by atoms with van der Waals surface area (Å²) in [6.45, 7) is 2.21. The fraction of sp³-hybridized carbons (Fsp3) is 0.308. The van der Waals surface area contributed by atoms with Crippen molar-refractivity contribution in [2.75, 3.05) is 18.6 Å². The molecule has 0 aliphatic carbocycles. The van der Waals surface area contributed by atoms with Gasteiger partial charge in [-0.2, -0.15) is 13.2 Å². The molecule has 1 aliphatic rings. The number of nitrogens with zero attached hydrogens (tertiary/aromatic N) is 6. The first kappa shape index (κ1) is 26.9. The van der Waals surface area contributed by atoms with E-state index in [2.05, 4.69) is 31.2 Å². The van der Waals surface area contributed by atoms with Crippen LogP contribution in [0.25, 0.3) is 16.9 Å². The third kappa shape index (κ3) is 5.14. The second-order valence-electron chi connectivity index (χ2n) is 9.22. The molecule has 2 aromatic carbocycles. The molecule has 13 heteroatoms. The number of halogens is 5. The summed E-state index contributed by atoms with van der Waals surface area (Å²) >= 11 is 3.08. The number of carbonyl (C=O) groups excluding carboxylic acids is 1. The number of alkyl halides is 3. The molecular weight excluding hydrogens is 584 g/mol. The smallest absolute Gasteiger partial charge is 0.406 e. The SMILES string of the molecule is COc1cc(-c2cn(C3CCc4c(ccc(Br)c4F)N(CC(F)(F)F)C3=O)nn2)ccc1-n1cc(C)nc1C. The van der Waals surface area contributed by atoms with E-state index in [1.165, 1.54) is 30.1 Å². The van der Waals surface area contributed by atoms with Gasteiger partial charge in [0.05, 0.1) is 34.8 Å². The van der Waals surface area contributed by atoms with E-state index >= 15 is 0 Å². The zero-order chi connectivity index (χ0) is 28.1. The maximum absolute atomic E-state index is 14.9. The van der Waals surface area contributed by atoms with E-state index in [1.807, 2.05) is 30.7 Å². The van der Waals surface area contributed by atoms with Crippen LogP contribution in [0.1, 0.15) is 29.5 Å². The van der Waals surface area contributed by atoms with Gasteiger partial charge in [0, 0.05) is 17.3 Å². The highest BCUT2D eigenvalue weighted by Crippen LogP contribution is 2.38. The number of methoxy groups -OCH3 is 1. The number of aryl methyl sites for hydroxylation is 2. The number of carbonyl (C=O) groups is 1. The molecule has 0 spiro atoms. The zero-order valence-electron chi connectivity index (χ0n) is 21.1. The van der Waals surface area contributed by atoms with Gasteiger partial charge in [-0.1, -0.05) is 11.3 Å². The van der Waals surface area contributed by atoms with E-state index in [9.17, 15) is 22.4 Å². The molecule has 39 heavy (non-hydrogen) atoms. The van der Waals surface area contributed by atoms with E-state index in [0.29, 0.717) is 21.9 Å². The van der Waals surface area contributed by atoms with Crippen LogP contribution < -0.4 is 9.64 Å². The summed E-state index contributed by atoms with van der Waals surface area (Å²) in [5.41, 5.74) is 2.57. The van der Waals surface area contributed by atoms with Gasteiger partial charge in [0.2, 0.25) is 0 Å². The molecule has 3 heterocycles. The predicted molar refractivity (Wildman–Crippen MR) is 138 cm³/mol. The van der Waals surface area contributed by atoms with Gasteiger partial charge in [-0.05, 0) is 66.9 Å². The number of hydrogen-bond donors (Lipinski definition) is 0. The molecule has 5 rings (SSSR count). The Hall–Kier alpha value is -3.74. The quantitative estimate of drug-likeness (QED) is 0.271. The van der Waals surface area contributed by atoms with Crippen molar-refractivity contribution >= 4 is 27.5 Å². The van der Waals surface area contributed by atoms with Crippen LogP contribution in [0.5, 0.6) is 5.75 Å². The van der Waals surface area contributed by atoms with E-state index in [1.54, 1.807) is 12.1 Å². The van der Waals surface area contributed by atoms with E-state index in [4.69, 9.17) is 4.74 Å². The number of anilines is 1. The average molecular weight is 607 g/mol. The highest BCUT2D eigenvalue weighted by atomic mass is 79.9. The third-order valence-corrected chi connectivity index (χ3v) is 7.20. The molecule has 1 unspecified atom stereocenters. The number of imidazole rings is 1. The molecule has 204 valence electrons. The second kappa shape index (κ2) is 10.1. The van der Waals surface area contributed by atoms with Crippen LogP contribution in [0.3, 0.4) is 0 Å². The molecule has 0 fully saturated rings. The van der Waals surface area contributed by atoms with Gasteiger partial charge >= 0.3 is 6.18 Å². The van der Waals surface area contributed by atoms with Crippen LogP contribution in [0.4, 0.5) is 23.2 Å². The highest BCUT2D eigenvalue weighted by molar-refractivity contribution is 9.10. The van der Waals surface area contributed by atoms with E-state index in [-0.39, 0.29) is 28.6 Å². The normalized spacial score (nSPS) is 15.8. The maximum Gasteiger partial charge on any atom is 0.406 e. The number of aromatic nitrogens is 5. The van der Waals surface area contributed by atoms with Crippen molar-refractivity contribution in [3.05, 3.63) is 70.1 Å². The lowest BCUT2D eigenvalue weighted by molar-refractivity contribution is -0.134. The van der Waals surface area contributed by atoms with Crippen molar-refractivity contribution < 1.29 is 27.1 Å². The molecule has 0 radical (unpaired) electrons. The lowest BCUT2D eigenvalue weighted by Gasteiger charge is -2.27. The molecular formula is C26H23BrF4N6O2. The molecule has 0 N–H and O–H groups in total. The third-order valence-electron chi connectivity index (χ3n) is 6.59. The number of hydrogen-bond acceptors (Lipinski definition) is 5. The number of amides is 1. The minimum atomic E-state index is -4.69. The summed E-state index contributed by atoms with van der Waals surface area (Å²) in [7, 11) is 1.53. The molecule has 8 nitrogen and oxygen atoms in total. The van der Waals surface area contributed by atoms with Crippen molar-refractivity contribution in [2.45, 2.75) is 38.9 Å². The van der Waals surface area contributed by atoms with Gasteiger partial charge in [-0.25, -0.2) is 14.1 Å². The summed E-state index contributed by atoms with van der Waals surface area (Å²) in [4.78, 5) is 18.4. The molecule has 1 aliphatic heterocycles. The van der Waals surface area contributed by atoms with Crippen molar-refractivity contribution in [2.24, 2.45) is 0 Å². The molecule has 4 aromatic rings. The Balaban J connectivity index is 1.49. The van der Waals surface area contributed by atoms with Crippen molar-refractivity contribution in [3.8, 4) is 22.7 Å². The van der Waals surface area contributed by atoms with Gasteiger partial charge < -0.3 is 14.2 Å². The van der Waals surface area contributed by atoms with Crippen LogP contribution >= 0.6 is 15.9 Å². The number of benzene rings is 2. The second-order valence-corrected chi connectivity index (χ2v) is 10.1. The fourth-order valence-electron chi connectivity index (χ4n) is 4.82. The van der Waals surface area contributed by atoms with Gasteiger partial charge in [0.15, 0.2) is 0 Å². The van der Waals surface area contributed by atoms with Crippen molar-refractivity contribution in [1.82, 2.24) is 24.5 Å². The lowest BCUT2D eigenvalue weighted by atomic mass is 10.1. The molecule has 0 saturated heterocycles. The van der Waals surface area contributed by atoms with Gasteiger partial charge in [0.25, 0.3) is 5.91 Å². The molecule has 0 saturated carbocycles. The molecule has 0 bridgehead atoms. The predicted octanol–water partition coefficient (Wildman–Crippen LogP) is 5.74. The van der Waals surface area contributed by atoms with Crippen LogP contribution in [0, 0.1) is 19.7 Å². The number of fused-ring (bicyclic) bond motifs is 1. The van der Waals surface area contributed by atoms with Gasteiger partial charge in [-0.3, -0.25) is 4.79 Å². The fourth-order valence-corrected chi connectivity index (χ4v) is 5.19. The Morgan fingerprint density at radius 2 is 1.87 bits per heavy atom. The first-order chi connectivity index (χ1) is 18.5. The Bertz CT molecular complexity index is 1560. The summed E-state index contributed by atoms with van der Waals surface area (Å²) in [5, 5.41) is 8.24. The Morgan fingerprint density at radius 3 is 2.54 bits per heavy atom. The van der Waals surface area contributed by atoms with Gasteiger partial charge in [-0.15, -0.1) is 5.10 Å². The molecule has 1 amide bonds. The minimum Gasteiger partial charge on any atom is -0.495 e. The lowest BCUT2D eigenvalue weighted by Crippen LogP contribution is -2.42. The Labute approximate surface area is 229 Å². The Morgan fingerprint density at radius 1 is 1.13 bits per heavy atom. The minimum absolute atomic E-state index is 0.0345. The van der Waals surface area contributed by atoms with Crippen LogP contribution in [0.15, 0.2) is 47.2 Å². The average Bonchev–Trinajstić information content (AvgIpc) is 3.47. The maximum atomic E-state index is 14.9. The summed E-state index contributed by atoms with van der Waals surface area (Å²) < 4.78 is 64.2. The standard InChI is InChI=1S/C26H23BrF4N6O2/c1-14-11-35(15(2)32-14)21-7-4-16(10-23(21)39-3)19-12-37(34-33-19)22-8-5-17-20(9-6-18(27)24(17)28)36(25(22)38)13-26(29,30)31/h4,6-7,9-12,22H,5,8,13H2,1-3H3. The highest BCUT2D eigenvalue weighted by Gasteiger charge is 2.40. The first-order valence-electron chi connectivity index (χ1n) is 11.9. The topological polar surface area (TPSA) is 78.1 Å². The first-order valence-corrected chi connectivity index (χ1v) is 12.7. The van der Waals surface area contributed by atoms with Crippen LogP contribution in [0.2, 0.25) is 0 Å². The zero-order valence-corrected chi connectivity index (χ0v) is 22.7. The van der Waals surface area contributed by atoms with Crippen LogP contribution in [-0.4, -0.2) is 50.3 Å². The number of rotatable bonds is 5.